The van der Waals surface area contributed by atoms with E-state index in [0.717, 1.165) is 19.4 Å². The van der Waals surface area contributed by atoms with Gasteiger partial charge < -0.3 is 20.9 Å². The van der Waals surface area contributed by atoms with Crippen LogP contribution in [0.2, 0.25) is 0 Å². The second-order valence-corrected chi connectivity index (χ2v) is 6.33. The van der Waals surface area contributed by atoms with Crippen molar-refractivity contribution in [1.29, 1.82) is 0 Å². The monoisotopic (exact) mass is 316 g/mol. The number of carbonyl (C=O) groups is 2. The SMILES string of the molecule is NCC1CCN(C(=O)CNC(=O)N2CCc3ccccc3C2)C1. The third-order valence-corrected chi connectivity index (χ3v) is 4.78. The zero-order valence-corrected chi connectivity index (χ0v) is 13.3. The van der Waals surface area contributed by atoms with E-state index < -0.39 is 0 Å². The molecule has 1 saturated heterocycles. The first-order chi connectivity index (χ1) is 11.2. The van der Waals surface area contributed by atoms with Gasteiger partial charge >= 0.3 is 6.03 Å². The fourth-order valence-corrected chi connectivity index (χ4v) is 3.30. The number of carbonyl (C=O) groups excluding carboxylic acids is 2. The molecule has 0 bridgehead atoms. The third-order valence-electron chi connectivity index (χ3n) is 4.78. The molecule has 124 valence electrons. The van der Waals surface area contributed by atoms with Crippen LogP contribution in [0.5, 0.6) is 0 Å². The van der Waals surface area contributed by atoms with Gasteiger partial charge in [0.1, 0.15) is 0 Å². The second-order valence-electron chi connectivity index (χ2n) is 6.33. The molecule has 2 heterocycles. The Morgan fingerprint density at radius 1 is 1.17 bits per heavy atom. The fourth-order valence-electron chi connectivity index (χ4n) is 3.30. The minimum absolute atomic E-state index is 0.0216. The molecule has 6 heteroatoms. The number of fused-ring (bicyclic) bond motifs is 1. The first-order valence-corrected chi connectivity index (χ1v) is 8.24. The predicted molar refractivity (Wildman–Crippen MR) is 87.7 cm³/mol. The molecule has 3 rings (SSSR count). The Hall–Kier alpha value is -2.08. The van der Waals surface area contributed by atoms with Crippen molar-refractivity contribution < 1.29 is 9.59 Å². The lowest BCUT2D eigenvalue weighted by molar-refractivity contribution is -0.129. The Labute approximate surface area is 136 Å². The van der Waals surface area contributed by atoms with Crippen LogP contribution in [0.3, 0.4) is 0 Å². The summed E-state index contributed by atoms with van der Waals surface area (Å²) in [6.07, 6.45) is 1.82. The summed E-state index contributed by atoms with van der Waals surface area (Å²) in [7, 11) is 0. The van der Waals surface area contributed by atoms with Crippen molar-refractivity contribution in [1.82, 2.24) is 15.1 Å². The maximum Gasteiger partial charge on any atom is 0.318 e. The molecule has 0 aliphatic carbocycles. The van der Waals surface area contributed by atoms with Crippen LogP contribution in [0.4, 0.5) is 4.79 Å². The lowest BCUT2D eigenvalue weighted by atomic mass is 10.0. The summed E-state index contributed by atoms with van der Waals surface area (Å²) in [5.41, 5.74) is 8.13. The van der Waals surface area contributed by atoms with Crippen LogP contribution in [0, 0.1) is 5.92 Å². The topological polar surface area (TPSA) is 78.7 Å². The maximum absolute atomic E-state index is 12.3. The van der Waals surface area contributed by atoms with Gasteiger partial charge in [0, 0.05) is 26.2 Å². The molecular weight excluding hydrogens is 292 g/mol. The zero-order chi connectivity index (χ0) is 16.2. The van der Waals surface area contributed by atoms with E-state index in [4.69, 9.17) is 5.73 Å². The van der Waals surface area contributed by atoms with E-state index >= 15 is 0 Å². The molecule has 1 atom stereocenters. The number of likely N-dealkylation sites (tertiary alicyclic amines) is 1. The van der Waals surface area contributed by atoms with Crippen LogP contribution in [0.15, 0.2) is 24.3 Å². The zero-order valence-electron chi connectivity index (χ0n) is 13.3. The Balaban J connectivity index is 1.48. The van der Waals surface area contributed by atoms with E-state index in [1.54, 1.807) is 9.80 Å². The average Bonchev–Trinajstić information content (AvgIpc) is 3.08. The summed E-state index contributed by atoms with van der Waals surface area (Å²) in [6, 6.07) is 8.01. The molecule has 1 fully saturated rings. The number of hydrogen-bond donors (Lipinski definition) is 2. The highest BCUT2D eigenvalue weighted by Gasteiger charge is 2.26. The van der Waals surface area contributed by atoms with Crippen molar-refractivity contribution in [3.05, 3.63) is 35.4 Å². The third kappa shape index (κ3) is 3.64. The molecule has 6 nitrogen and oxygen atoms in total. The predicted octanol–water partition coefficient (Wildman–Crippen LogP) is 0.562. The highest BCUT2D eigenvalue weighted by Crippen LogP contribution is 2.18. The highest BCUT2D eigenvalue weighted by atomic mass is 16.2. The van der Waals surface area contributed by atoms with Gasteiger partial charge in [-0.1, -0.05) is 24.3 Å². The summed E-state index contributed by atoms with van der Waals surface area (Å²) in [5, 5.41) is 2.76. The molecule has 0 radical (unpaired) electrons. The van der Waals surface area contributed by atoms with Gasteiger partial charge in [0.05, 0.1) is 6.54 Å². The van der Waals surface area contributed by atoms with Crippen LogP contribution in [-0.2, 0) is 17.8 Å². The lowest BCUT2D eigenvalue weighted by Crippen LogP contribution is -2.46. The average molecular weight is 316 g/mol. The minimum atomic E-state index is -0.164. The van der Waals surface area contributed by atoms with Crippen molar-refractivity contribution in [2.24, 2.45) is 11.7 Å². The van der Waals surface area contributed by atoms with Gasteiger partial charge in [0.2, 0.25) is 5.91 Å². The number of amides is 3. The molecule has 0 saturated carbocycles. The molecule has 1 aromatic carbocycles. The molecule has 23 heavy (non-hydrogen) atoms. The standard InChI is InChI=1S/C17H24N4O2/c18-9-13-5-7-20(11-13)16(22)10-19-17(23)21-8-6-14-3-1-2-4-15(14)12-21/h1-4,13H,5-12,18H2,(H,19,23). The summed E-state index contributed by atoms with van der Waals surface area (Å²) in [4.78, 5) is 28.0. The van der Waals surface area contributed by atoms with Gasteiger partial charge in [-0.25, -0.2) is 4.79 Å². The van der Waals surface area contributed by atoms with E-state index in [9.17, 15) is 9.59 Å². The Kier molecular flexibility index (Phi) is 4.81. The summed E-state index contributed by atoms with van der Waals surface area (Å²) >= 11 is 0. The van der Waals surface area contributed by atoms with Gasteiger partial charge in [0.15, 0.2) is 0 Å². The van der Waals surface area contributed by atoms with E-state index in [-0.39, 0.29) is 18.5 Å². The molecule has 3 amide bonds. The van der Waals surface area contributed by atoms with Crippen LogP contribution < -0.4 is 11.1 Å². The van der Waals surface area contributed by atoms with Crippen molar-refractivity contribution in [3.63, 3.8) is 0 Å². The second kappa shape index (κ2) is 7.00. The summed E-state index contributed by atoms with van der Waals surface area (Å²) < 4.78 is 0. The van der Waals surface area contributed by atoms with E-state index in [1.165, 1.54) is 11.1 Å². The van der Waals surface area contributed by atoms with E-state index in [2.05, 4.69) is 17.4 Å². The molecular formula is C17H24N4O2. The van der Waals surface area contributed by atoms with Crippen molar-refractivity contribution in [3.8, 4) is 0 Å². The normalized spacial score (nSPS) is 20.3. The van der Waals surface area contributed by atoms with Crippen LogP contribution in [0.25, 0.3) is 0 Å². The molecule has 1 unspecified atom stereocenters. The number of nitrogens with one attached hydrogen (secondary N) is 1. The Bertz CT molecular complexity index is 590. The fraction of sp³-hybridized carbons (Fsp3) is 0.529. The number of benzene rings is 1. The number of rotatable bonds is 3. The van der Waals surface area contributed by atoms with Gasteiger partial charge in [0.25, 0.3) is 0 Å². The molecule has 0 spiro atoms. The Morgan fingerprint density at radius 3 is 2.70 bits per heavy atom. The molecule has 1 aromatic rings. The largest absolute Gasteiger partial charge is 0.341 e. The van der Waals surface area contributed by atoms with Crippen molar-refractivity contribution in [2.75, 3.05) is 32.7 Å². The summed E-state index contributed by atoms with van der Waals surface area (Å²) in [5.74, 6) is 0.375. The van der Waals surface area contributed by atoms with Gasteiger partial charge in [-0.3, -0.25) is 4.79 Å². The maximum atomic E-state index is 12.3. The van der Waals surface area contributed by atoms with Gasteiger partial charge in [-0.05, 0) is 36.4 Å². The van der Waals surface area contributed by atoms with Crippen molar-refractivity contribution in [2.45, 2.75) is 19.4 Å². The number of hydrogen-bond acceptors (Lipinski definition) is 3. The smallest absolute Gasteiger partial charge is 0.318 e. The lowest BCUT2D eigenvalue weighted by Gasteiger charge is -2.29. The molecule has 0 aromatic heterocycles. The molecule has 2 aliphatic rings. The van der Waals surface area contributed by atoms with Crippen LogP contribution in [0.1, 0.15) is 17.5 Å². The first kappa shape index (κ1) is 15.8. The van der Waals surface area contributed by atoms with Crippen molar-refractivity contribution >= 4 is 11.9 Å². The number of nitrogens with two attached hydrogens (primary N) is 1. The van der Waals surface area contributed by atoms with E-state index in [0.29, 0.717) is 32.1 Å². The number of nitrogens with zero attached hydrogens (tertiary/aromatic N) is 2. The molecule has 3 N–H and O–H groups in total. The highest BCUT2D eigenvalue weighted by molar-refractivity contribution is 5.84. The molecule has 2 aliphatic heterocycles. The van der Waals surface area contributed by atoms with E-state index in [1.807, 2.05) is 12.1 Å². The first-order valence-electron chi connectivity index (χ1n) is 8.24. The van der Waals surface area contributed by atoms with Gasteiger partial charge in [-0.2, -0.15) is 0 Å². The minimum Gasteiger partial charge on any atom is -0.341 e. The quantitative estimate of drug-likeness (QED) is 0.855. The van der Waals surface area contributed by atoms with Crippen LogP contribution >= 0.6 is 0 Å². The van der Waals surface area contributed by atoms with Gasteiger partial charge in [-0.15, -0.1) is 0 Å². The van der Waals surface area contributed by atoms with Crippen LogP contribution in [-0.4, -0.2) is 54.5 Å². The number of urea groups is 1. The summed E-state index contributed by atoms with van der Waals surface area (Å²) in [6.45, 7) is 3.43. The Morgan fingerprint density at radius 2 is 1.96 bits per heavy atom.